The molecule has 0 saturated carbocycles. The SMILES string of the molecule is Cc1cccc2c(=O)n(CC(O)c3ccccc3Cl)cnc12. The first-order chi connectivity index (χ1) is 10.6. The van der Waals surface area contributed by atoms with Crippen molar-refractivity contribution in [1.29, 1.82) is 0 Å². The zero-order chi connectivity index (χ0) is 15.7. The van der Waals surface area contributed by atoms with Crippen LogP contribution in [0.15, 0.2) is 53.6 Å². The summed E-state index contributed by atoms with van der Waals surface area (Å²) in [6, 6.07) is 12.5. The smallest absolute Gasteiger partial charge is 0.261 e. The second-order valence-electron chi connectivity index (χ2n) is 5.21. The van der Waals surface area contributed by atoms with E-state index in [0.717, 1.165) is 5.56 Å². The van der Waals surface area contributed by atoms with E-state index in [-0.39, 0.29) is 12.1 Å². The zero-order valence-corrected chi connectivity index (χ0v) is 12.8. The molecule has 0 amide bonds. The molecule has 0 aliphatic heterocycles. The highest BCUT2D eigenvalue weighted by Crippen LogP contribution is 2.23. The number of aliphatic hydroxyl groups excluding tert-OH is 1. The van der Waals surface area contributed by atoms with Crippen LogP contribution in [-0.4, -0.2) is 14.7 Å². The molecule has 0 radical (unpaired) electrons. The minimum absolute atomic E-state index is 0.111. The summed E-state index contributed by atoms with van der Waals surface area (Å²) in [7, 11) is 0. The minimum Gasteiger partial charge on any atom is -0.386 e. The fraction of sp³-hybridized carbons (Fsp3) is 0.176. The van der Waals surface area contributed by atoms with Crippen molar-refractivity contribution in [2.75, 3.05) is 0 Å². The molecule has 1 aromatic heterocycles. The van der Waals surface area contributed by atoms with Crippen molar-refractivity contribution in [3.63, 3.8) is 0 Å². The van der Waals surface area contributed by atoms with Crippen LogP contribution < -0.4 is 5.56 Å². The molecule has 3 aromatic rings. The van der Waals surface area contributed by atoms with Crippen LogP contribution in [0.2, 0.25) is 5.02 Å². The molecule has 0 bridgehead atoms. The number of rotatable bonds is 3. The topological polar surface area (TPSA) is 55.1 Å². The predicted molar refractivity (Wildman–Crippen MR) is 87.2 cm³/mol. The molecule has 3 rings (SSSR count). The third-order valence-corrected chi connectivity index (χ3v) is 4.03. The van der Waals surface area contributed by atoms with Crippen LogP contribution in [-0.2, 0) is 6.54 Å². The number of halogens is 1. The second kappa shape index (κ2) is 5.91. The highest BCUT2D eigenvalue weighted by molar-refractivity contribution is 6.31. The monoisotopic (exact) mass is 314 g/mol. The molecule has 5 heteroatoms. The van der Waals surface area contributed by atoms with Crippen molar-refractivity contribution in [2.24, 2.45) is 0 Å². The Hall–Kier alpha value is -2.17. The van der Waals surface area contributed by atoms with Crippen molar-refractivity contribution in [3.8, 4) is 0 Å². The van der Waals surface area contributed by atoms with Gasteiger partial charge in [0.05, 0.1) is 29.9 Å². The Morgan fingerprint density at radius 1 is 1.23 bits per heavy atom. The molecule has 4 nitrogen and oxygen atoms in total. The third kappa shape index (κ3) is 2.63. The lowest BCUT2D eigenvalue weighted by Gasteiger charge is -2.14. The van der Waals surface area contributed by atoms with Gasteiger partial charge in [-0.25, -0.2) is 4.98 Å². The first-order valence-corrected chi connectivity index (χ1v) is 7.33. The molecule has 0 saturated heterocycles. The number of fused-ring (bicyclic) bond motifs is 1. The molecule has 1 heterocycles. The highest BCUT2D eigenvalue weighted by atomic mass is 35.5. The van der Waals surface area contributed by atoms with E-state index in [9.17, 15) is 9.90 Å². The minimum atomic E-state index is -0.865. The number of aliphatic hydroxyl groups is 1. The maximum atomic E-state index is 12.5. The maximum Gasteiger partial charge on any atom is 0.261 e. The Kier molecular flexibility index (Phi) is 3.96. The lowest BCUT2D eigenvalue weighted by Crippen LogP contribution is -2.24. The Morgan fingerprint density at radius 3 is 2.77 bits per heavy atom. The van der Waals surface area contributed by atoms with E-state index in [4.69, 9.17) is 11.6 Å². The van der Waals surface area contributed by atoms with E-state index in [1.54, 1.807) is 30.3 Å². The number of para-hydroxylation sites is 1. The van der Waals surface area contributed by atoms with Crippen molar-refractivity contribution in [1.82, 2.24) is 9.55 Å². The Labute approximate surface area is 132 Å². The summed E-state index contributed by atoms with van der Waals surface area (Å²) in [5, 5.41) is 11.4. The lowest BCUT2D eigenvalue weighted by molar-refractivity contribution is 0.155. The van der Waals surface area contributed by atoms with E-state index < -0.39 is 6.10 Å². The van der Waals surface area contributed by atoms with Crippen molar-refractivity contribution in [3.05, 3.63) is 75.3 Å². The molecule has 112 valence electrons. The van der Waals surface area contributed by atoms with Gasteiger partial charge < -0.3 is 5.11 Å². The third-order valence-electron chi connectivity index (χ3n) is 3.69. The van der Waals surface area contributed by atoms with Gasteiger partial charge in [0.1, 0.15) is 0 Å². The quantitative estimate of drug-likeness (QED) is 0.808. The lowest BCUT2D eigenvalue weighted by atomic mass is 10.1. The van der Waals surface area contributed by atoms with Crippen LogP contribution in [0.25, 0.3) is 10.9 Å². The van der Waals surface area contributed by atoms with Crippen LogP contribution in [0.3, 0.4) is 0 Å². The summed E-state index contributed by atoms with van der Waals surface area (Å²) >= 11 is 6.08. The molecule has 1 unspecified atom stereocenters. The molecule has 1 N–H and O–H groups in total. The highest BCUT2D eigenvalue weighted by Gasteiger charge is 2.14. The number of nitrogens with zero attached hydrogens (tertiary/aromatic N) is 2. The first kappa shape index (κ1) is 14.8. The summed E-state index contributed by atoms with van der Waals surface area (Å²) in [5.74, 6) is 0. The zero-order valence-electron chi connectivity index (χ0n) is 12.0. The second-order valence-corrected chi connectivity index (χ2v) is 5.62. The summed E-state index contributed by atoms with van der Waals surface area (Å²) in [4.78, 5) is 16.8. The summed E-state index contributed by atoms with van der Waals surface area (Å²) in [6.45, 7) is 2.02. The van der Waals surface area contributed by atoms with Gasteiger partial charge in [-0.3, -0.25) is 9.36 Å². The molecule has 22 heavy (non-hydrogen) atoms. The molecule has 1 atom stereocenters. The molecular weight excluding hydrogens is 300 g/mol. The van der Waals surface area contributed by atoms with Gasteiger partial charge in [-0.05, 0) is 24.6 Å². The molecule has 0 fully saturated rings. The van der Waals surface area contributed by atoms with Gasteiger partial charge in [-0.1, -0.05) is 41.9 Å². The molecule has 0 aliphatic carbocycles. The first-order valence-electron chi connectivity index (χ1n) is 6.95. The van der Waals surface area contributed by atoms with Crippen molar-refractivity contribution in [2.45, 2.75) is 19.6 Å². The standard InChI is InChI=1S/C17H15ClN2O2/c1-11-5-4-7-13-16(11)19-10-20(17(13)22)9-15(21)12-6-2-3-8-14(12)18/h2-8,10,15,21H,9H2,1H3. The summed E-state index contributed by atoms with van der Waals surface area (Å²) < 4.78 is 1.41. The van der Waals surface area contributed by atoms with E-state index in [1.165, 1.54) is 10.9 Å². The van der Waals surface area contributed by atoms with Crippen molar-refractivity contribution < 1.29 is 5.11 Å². The van der Waals surface area contributed by atoms with E-state index in [0.29, 0.717) is 21.5 Å². The maximum absolute atomic E-state index is 12.5. The largest absolute Gasteiger partial charge is 0.386 e. The van der Waals surface area contributed by atoms with Crippen LogP contribution in [0.4, 0.5) is 0 Å². The number of benzene rings is 2. The molecular formula is C17H15ClN2O2. The number of hydrogen-bond acceptors (Lipinski definition) is 3. The number of hydrogen-bond donors (Lipinski definition) is 1. The van der Waals surface area contributed by atoms with E-state index in [1.807, 2.05) is 19.1 Å². The molecule has 0 aliphatic rings. The van der Waals surface area contributed by atoms with E-state index >= 15 is 0 Å². The van der Waals surface area contributed by atoms with Gasteiger partial charge in [-0.15, -0.1) is 0 Å². The normalized spacial score (nSPS) is 12.5. The number of aromatic nitrogens is 2. The van der Waals surface area contributed by atoms with Crippen LogP contribution in [0, 0.1) is 6.92 Å². The Morgan fingerprint density at radius 2 is 2.00 bits per heavy atom. The van der Waals surface area contributed by atoms with Crippen LogP contribution in [0.5, 0.6) is 0 Å². The van der Waals surface area contributed by atoms with Gasteiger partial charge in [0.2, 0.25) is 0 Å². The van der Waals surface area contributed by atoms with Gasteiger partial charge in [0, 0.05) is 10.6 Å². The van der Waals surface area contributed by atoms with Gasteiger partial charge in [-0.2, -0.15) is 0 Å². The summed E-state index contributed by atoms with van der Waals surface area (Å²) in [6.07, 6.45) is 0.605. The summed E-state index contributed by atoms with van der Waals surface area (Å²) in [5.41, 5.74) is 2.07. The predicted octanol–water partition coefficient (Wildman–Crippen LogP) is 3.09. The average molecular weight is 315 g/mol. The molecule has 2 aromatic carbocycles. The van der Waals surface area contributed by atoms with E-state index in [2.05, 4.69) is 4.98 Å². The van der Waals surface area contributed by atoms with Crippen molar-refractivity contribution >= 4 is 22.5 Å². The fourth-order valence-corrected chi connectivity index (χ4v) is 2.76. The van der Waals surface area contributed by atoms with Gasteiger partial charge in [0.15, 0.2) is 0 Å². The Bertz CT molecular complexity index is 889. The average Bonchev–Trinajstić information content (AvgIpc) is 2.51. The molecule has 0 spiro atoms. The fourth-order valence-electron chi connectivity index (χ4n) is 2.50. The van der Waals surface area contributed by atoms with Crippen LogP contribution in [0.1, 0.15) is 17.2 Å². The van der Waals surface area contributed by atoms with Crippen LogP contribution >= 0.6 is 11.6 Å². The van der Waals surface area contributed by atoms with Gasteiger partial charge in [0.25, 0.3) is 5.56 Å². The number of aryl methyl sites for hydroxylation is 1. The van der Waals surface area contributed by atoms with Gasteiger partial charge >= 0.3 is 0 Å². The Balaban J connectivity index is 2.00.